The Hall–Kier alpha value is -4.03. The number of aromatic nitrogens is 2. The van der Waals surface area contributed by atoms with Crippen molar-refractivity contribution in [2.45, 2.75) is 38.4 Å². The van der Waals surface area contributed by atoms with Crippen molar-refractivity contribution in [3.05, 3.63) is 82.0 Å². The highest BCUT2D eigenvalue weighted by molar-refractivity contribution is 6.01. The molecule has 1 aromatic heterocycles. The second kappa shape index (κ2) is 10.0. The number of anilines is 1. The van der Waals surface area contributed by atoms with Crippen LogP contribution in [0.1, 0.15) is 56.1 Å². The maximum absolute atomic E-state index is 13.9. The average molecular weight is 540 g/mol. The van der Waals surface area contributed by atoms with Gasteiger partial charge in [0.05, 0.1) is 30.8 Å². The van der Waals surface area contributed by atoms with Crippen molar-refractivity contribution in [1.82, 2.24) is 15.1 Å². The molecule has 2 aromatic carbocycles. The summed E-state index contributed by atoms with van der Waals surface area (Å²) in [6.45, 7) is 1.58. The third-order valence-electron chi connectivity index (χ3n) is 6.11. The number of rotatable bonds is 6. The van der Waals surface area contributed by atoms with Crippen LogP contribution in [-0.2, 0) is 30.2 Å². The number of nitrogens with zero attached hydrogens (tertiary/aromatic N) is 3. The molecule has 4 rings (SSSR count). The van der Waals surface area contributed by atoms with Gasteiger partial charge in [-0.05, 0) is 42.3 Å². The highest BCUT2D eigenvalue weighted by Gasteiger charge is 2.44. The molecule has 13 heteroatoms. The summed E-state index contributed by atoms with van der Waals surface area (Å²) in [5, 5.41) is 6.14. The second-order valence-electron chi connectivity index (χ2n) is 8.70. The zero-order valence-corrected chi connectivity index (χ0v) is 20.2. The number of methoxy groups -OCH3 is 1. The Morgan fingerprint density at radius 1 is 1.03 bits per heavy atom. The summed E-state index contributed by atoms with van der Waals surface area (Å²) in [6, 6.07) is 9.70. The van der Waals surface area contributed by atoms with Gasteiger partial charge in [0.1, 0.15) is 11.4 Å². The maximum atomic E-state index is 13.9. The maximum Gasteiger partial charge on any atom is 0.436 e. The lowest BCUT2D eigenvalue weighted by Gasteiger charge is -2.21. The van der Waals surface area contributed by atoms with Crippen molar-refractivity contribution in [2.75, 3.05) is 18.6 Å². The first-order chi connectivity index (χ1) is 17.8. The fourth-order valence-corrected chi connectivity index (χ4v) is 4.26. The minimum atomic E-state index is -4.95. The van der Waals surface area contributed by atoms with E-state index in [1.165, 1.54) is 48.4 Å². The number of hydrogen-bond acceptors (Lipinski definition) is 5. The molecule has 202 valence electrons. The van der Waals surface area contributed by atoms with Gasteiger partial charge in [0.15, 0.2) is 5.69 Å². The fraction of sp³-hybridized carbons (Fsp3) is 0.320. The van der Waals surface area contributed by atoms with E-state index in [0.29, 0.717) is 5.56 Å². The number of benzene rings is 2. The minimum Gasteiger partial charge on any atom is -0.465 e. The summed E-state index contributed by atoms with van der Waals surface area (Å²) in [5.74, 6) is -1.74. The number of alkyl halides is 6. The molecular weight excluding hydrogens is 518 g/mol. The van der Waals surface area contributed by atoms with Crippen LogP contribution in [0.15, 0.2) is 48.5 Å². The van der Waals surface area contributed by atoms with E-state index in [2.05, 4.69) is 15.2 Å². The summed E-state index contributed by atoms with van der Waals surface area (Å²) in [6.07, 6.45) is -9.53. The fourth-order valence-electron chi connectivity index (χ4n) is 4.26. The first-order valence-corrected chi connectivity index (χ1v) is 11.4. The van der Waals surface area contributed by atoms with Gasteiger partial charge in [-0.2, -0.15) is 31.4 Å². The summed E-state index contributed by atoms with van der Waals surface area (Å²) in [4.78, 5) is 26.2. The van der Waals surface area contributed by atoms with Gasteiger partial charge in [-0.1, -0.05) is 24.3 Å². The number of nitrogens with one attached hydrogen (secondary N) is 1. The molecule has 1 amide bonds. The van der Waals surface area contributed by atoms with Crippen molar-refractivity contribution >= 4 is 17.7 Å². The molecule has 0 radical (unpaired) electrons. The van der Waals surface area contributed by atoms with Gasteiger partial charge < -0.3 is 15.0 Å². The van der Waals surface area contributed by atoms with Crippen LogP contribution in [-0.4, -0.2) is 35.3 Å². The van der Waals surface area contributed by atoms with Crippen molar-refractivity contribution in [2.24, 2.45) is 0 Å². The van der Waals surface area contributed by atoms with Gasteiger partial charge in [-0.15, -0.1) is 0 Å². The number of amides is 1. The number of ether oxygens (including phenoxy) is 1. The molecule has 0 saturated heterocycles. The van der Waals surface area contributed by atoms with Gasteiger partial charge in [-0.3, -0.25) is 4.79 Å². The summed E-state index contributed by atoms with van der Waals surface area (Å²) >= 11 is 0. The Morgan fingerprint density at radius 3 is 2.32 bits per heavy atom. The van der Waals surface area contributed by atoms with E-state index in [1.54, 1.807) is 6.92 Å². The smallest absolute Gasteiger partial charge is 0.436 e. The Bertz CT molecular complexity index is 1350. The van der Waals surface area contributed by atoms with Crippen molar-refractivity contribution < 1.29 is 40.7 Å². The lowest BCUT2D eigenvalue weighted by molar-refractivity contribution is -0.142. The topological polar surface area (TPSA) is 76.5 Å². The third-order valence-corrected chi connectivity index (χ3v) is 6.11. The average Bonchev–Trinajstić information content (AvgIpc) is 3.43. The predicted molar refractivity (Wildman–Crippen MR) is 123 cm³/mol. The van der Waals surface area contributed by atoms with E-state index in [4.69, 9.17) is 0 Å². The van der Waals surface area contributed by atoms with Gasteiger partial charge in [0, 0.05) is 13.1 Å². The van der Waals surface area contributed by atoms with Crippen LogP contribution >= 0.6 is 0 Å². The number of halogens is 6. The first-order valence-electron chi connectivity index (χ1n) is 11.4. The number of esters is 1. The van der Waals surface area contributed by atoms with Gasteiger partial charge >= 0.3 is 18.3 Å². The van der Waals surface area contributed by atoms with Crippen molar-refractivity contribution in [1.29, 1.82) is 0 Å². The molecule has 0 spiro atoms. The number of hydrogen-bond donors (Lipinski definition) is 1. The number of carbonyl (C=O) groups is 2. The monoisotopic (exact) mass is 540 g/mol. The zero-order chi connectivity index (χ0) is 27.8. The first kappa shape index (κ1) is 27.0. The molecule has 0 saturated carbocycles. The molecule has 2 heterocycles. The standard InChI is InChI=1S/C25H22F6N4O3/c1-14(16-6-8-17(9-7-16)23(37)38-2)32-21(36)19-20(25(29,30)31)33-35-11-10-34(22(19)35)13-15-4-3-5-18(12-15)24(26,27)28/h3-9,12,14H,10-11,13H2,1-2H3,(H,32,36)/t14-/m0/s1. The van der Waals surface area contributed by atoms with Crippen LogP contribution in [0.2, 0.25) is 0 Å². The molecule has 3 aromatic rings. The van der Waals surface area contributed by atoms with Crippen LogP contribution < -0.4 is 10.2 Å². The lowest BCUT2D eigenvalue weighted by Crippen LogP contribution is -2.31. The van der Waals surface area contributed by atoms with Crippen LogP contribution in [0.3, 0.4) is 0 Å². The summed E-state index contributed by atoms with van der Waals surface area (Å²) in [5.41, 5.74) is -1.98. The van der Waals surface area contributed by atoms with Gasteiger partial charge in [0.25, 0.3) is 5.91 Å². The molecule has 7 nitrogen and oxygen atoms in total. The van der Waals surface area contributed by atoms with E-state index in [9.17, 15) is 35.9 Å². The molecule has 1 aliphatic heterocycles. The number of fused-ring (bicyclic) bond motifs is 1. The normalized spacial score (nSPS) is 14.3. The molecule has 0 fully saturated rings. The van der Waals surface area contributed by atoms with E-state index in [1.807, 2.05) is 0 Å². The van der Waals surface area contributed by atoms with E-state index >= 15 is 0 Å². The molecule has 0 aliphatic carbocycles. The van der Waals surface area contributed by atoms with Crippen LogP contribution in [0.5, 0.6) is 0 Å². The van der Waals surface area contributed by atoms with Crippen LogP contribution in [0.4, 0.5) is 32.2 Å². The zero-order valence-electron chi connectivity index (χ0n) is 20.2. The van der Waals surface area contributed by atoms with E-state index in [0.717, 1.165) is 16.8 Å². The summed E-state index contributed by atoms with van der Waals surface area (Å²) in [7, 11) is 1.22. The Kier molecular flexibility index (Phi) is 7.13. The quantitative estimate of drug-likeness (QED) is 0.343. The Balaban J connectivity index is 1.63. The molecule has 0 bridgehead atoms. The Labute approximate surface area is 213 Å². The highest BCUT2D eigenvalue weighted by Crippen LogP contribution is 2.39. The van der Waals surface area contributed by atoms with Crippen LogP contribution in [0, 0.1) is 0 Å². The largest absolute Gasteiger partial charge is 0.465 e. The van der Waals surface area contributed by atoms with Gasteiger partial charge in [-0.25, -0.2) is 9.48 Å². The summed E-state index contributed by atoms with van der Waals surface area (Å²) < 4.78 is 86.7. The molecule has 1 aliphatic rings. The molecule has 0 unspecified atom stereocenters. The van der Waals surface area contributed by atoms with E-state index < -0.39 is 47.1 Å². The van der Waals surface area contributed by atoms with Crippen LogP contribution in [0.25, 0.3) is 0 Å². The molecule has 1 N–H and O–H groups in total. The lowest BCUT2D eigenvalue weighted by atomic mass is 10.1. The predicted octanol–water partition coefficient (Wildman–Crippen LogP) is 5.22. The highest BCUT2D eigenvalue weighted by atomic mass is 19.4. The third kappa shape index (κ3) is 5.46. The second-order valence-corrected chi connectivity index (χ2v) is 8.70. The van der Waals surface area contributed by atoms with E-state index in [-0.39, 0.29) is 36.6 Å². The van der Waals surface area contributed by atoms with Crippen molar-refractivity contribution in [3.8, 4) is 0 Å². The van der Waals surface area contributed by atoms with Gasteiger partial charge in [0.2, 0.25) is 0 Å². The number of carbonyl (C=O) groups excluding carboxylic acids is 2. The van der Waals surface area contributed by atoms with Crippen molar-refractivity contribution in [3.63, 3.8) is 0 Å². The SMILES string of the molecule is COC(=O)c1ccc([C@H](C)NC(=O)c2c(C(F)(F)F)nn3c2N(Cc2cccc(C(F)(F)F)c2)CC3)cc1. The minimum absolute atomic E-state index is 0.0230. The molecule has 1 atom stereocenters. The molecule has 38 heavy (non-hydrogen) atoms. The Morgan fingerprint density at radius 2 is 1.71 bits per heavy atom. The molecular formula is C25H22F6N4O3.